The average molecular weight is 445 g/mol. The van der Waals surface area contributed by atoms with Crippen molar-refractivity contribution in [2.24, 2.45) is 0 Å². The Hall–Kier alpha value is -1.55. The largest absolute Gasteiger partial charge is 0.446 e. The van der Waals surface area contributed by atoms with Gasteiger partial charge in [-0.2, -0.15) is 17.5 Å². The summed E-state index contributed by atoms with van der Waals surface area (Å²) < 4.78 is 67.1. The molecular formula is C20H23F3N2O2S2. The lowest BCUT2D eigenvalue weighted by molar-refractivity contribution is -0.0328. The van der Waals surface area contributed by atoms with E-state index in [1.165, 1.54) is 16.4 Å². The highest BCUT2D eigenvalue weighted by atomic mass is 32.2. The lowest BCUT2D eigenvalue weighted by Gasteiger charge is -2.34. The predicted molar refractivity (Wildman–Crippen MR) is 108 cm³/mol. The van der Waals surface area contributed by atoms with Gasteiger partial charge in [-0.05, 0) is 68.4 Å². The fourth-order valence-electron chi connectivity index (χ4n) is 3.38. The summed E-state index contributed by atoms with van der Waals surface area (Å²) in [7, 11) is -3.86. The minimum Gasteiger partial charge on any atom is -0.317 e. The number of sulfonamides is 1. The third-order valence-electron chi connectivity index (χ3n) is 4.87. The number of alkyl halides is 3. The van der Waals surface area contributed by atoms with Crippen molar-refractivity contribution in [2.45, 2.75) is 47.7 Å². The fourth-order valence-corrected chi connectivity index (χ4v) is 5.70. The highest BCUT2D eigenvalue weighted by molar-refractivity contribution is 8.00. The highest BCUT2D eigenvalue weighted by Gasteiger charge is 2.35. The second-order valence-corrected chi connectivity index (χ2v) is 10.00. The van der Waals surface area contributed by atoms with Crippen LogP contribution in [0.5, 0.6) is 0 Å². The number of benzene rings is 2. The number of halogens is 3. The standard InChI is InChI=1S/C20H23F3N2O2S2/c1-15-6-8-18(9-7-15)29(26,27)25(17-10-12-24-13-11-17)14-16-4-2-3-5-19(16)28-20(21,22)23/h2-9,17,24H,10-14H2,1H3. The minimum absolute atomic E-state index is 0.0260. The Kier molecular flexibility index (Phi) is 6.93. The molecule has 0 spiro atoms. The molecule has 158 valence electrons. The van der Waals surface area contributed by atoms with Gasteiger partial charge in [-0.25, -0.2) is 8.42 Å². The number of rotatable bonds is 6. The first-order valence-electron chi connectivity index (χ1n) is 9.30. The number of piperidine rings is 1. The van der Waals surface area contributed by atoms with Crippen molar-refractivity contribution in [3.8, 4) is 0 Å². The van der Waals surface area contributed by atoms with E-state index < -0.39 is 15.5 Å². The molecule has 0 saturated carbocycles. The van der Waals surface area contributed by atoms with Crippen molar-refractivity contribution in [1.82, 2.24) is 9.62 Å². The van der Waals surface area contributed by atoms with Gasteiger partial charge in [0.2, 0.25) is 10.0 Å². The monoisotopic (exact) mass is 444 g/mol. The molecule has 1 aliphatic rings. The van der Waals surface area contributed by atoms with Crippen LogP contribution >= 0.6 is 11.8 Å². The molecule has 1 aliphatic heterocycles. The molecule has 0 atom stereocenters. The van der Waals surface area contributed by atoms with Gasteiger partial charge < -0.3 is 5.32 Å². The van der Waals surface area contributed by atoms with Crippen molar-refractivity contribution in [1.29, 1.82) is 0 Å². The maximum Gasteiger partial charge on any atom is 0.446 e. The van der Waals surface area contributed by atoms with Gasteiger partial charge in [0.1, 0.15) is 0 Å². The Morgan fingerprint density at radius 2 is 1.69 bits per heavy atom. The van der Waals surface area contributed by atoms with E-state index in [1.54, 1.807) is 36.4 Å². The van der Waals surface area contributed by atoms with Crippen LogP contribution in [0.2, 0.25) is 0 Å². The first-order valence-corrected chi connectivity index (χ1v) is 11.6. The summed E-state index contributed by atoms with van der Waals surface area (Å²) in [6.45, 7) is 3.11. The molecule has 1 fully saturated rings. The molecule has 9 heteroatoms. The first kappa shape index (κ1) is 22.1. The smallest absolute Gasteiger partial charge is 0.317 e. The van der Waals surface area contributed by atoms with Gasteiger partial charge >= 0.3 is 5.51 Å². The molecule has 2 aromatic carbocycles. The van der Waals surface area contributed by atoms with Crippen LogP contribution in [0.3, 0.4) is 0 Å². The summed E-state index contributed by atoms with van der Waals surface area (Å²) in [6.07, 6.45) is 1.22. The third kappa shape index (κ3) is 5.75. The van der Waals surface area contributed by atoms with Gasteiger partial charge in [0, 0.05) is 17.5 Å². The Labute approximate surface area is 173 Å². The summed E-state index contributed by atoms with van der Waals surface area (Å²) in [4.78, 5) is 0.181. The number of hydrogen-bond acceptors (Lipinski definition) is 4. The lowest BCUT2D eigenvalue weighted by atomic mass is 10.1. The summed E-state index contributed by atoms with van der Waals surface area (Å²) >= 11 is -0.209. The molecule has 0 radical (unpaired) electrons. The number of nitrogens with one attached hydrogen (secondary N) is 1. The molecule has 0 bridgehead atoms. The second kappa shape index (κ2) is 9.07. The maximum absolute atomic E-state index is 13.4. The zero-order valence-corrected chi connectivity index (χ0v) is 17.6. The van der Waals surface area contributed by atoms with Crippen molar-refractivity contribution >= 4 is 21.8 Å². The SMILES string of the molecule is Cc1ccc(S(=O)(=O)N(Cc2ccccc2SC(F)(F)F)C2CCNCC2)cc1. The van der Waals surface area contributed by atoms with E-state index in [4.69, 9.17) is 0 Å². The van der Waals surface area contributed by atoms with Gasteiger partial charge in [-0.1, -0.05) is 35.9 Å². The lowest BCUT2D eigenvalue weighted by Crippen LogP contribution is -2.45. The first-order chi connectivity index (χ1) is 13.7. The Morgan fingerprint density at radius 1 is 1.07 bits per heavy atom. The van der Waals surface area contributed by atoms with Crippen molar-refractivity contribution in [2.75, 3.05) is 13.1 Å². The van der Waals surface area contributed by atoms with Crippen LogP contribution in [-0.2, 0) is 16.6 Å². The molecule has 0 aliphatic carbocycles. The zero-order chi connectivity index (χ0) is 21.1. The second-order valence-electron chi connectivity index (χ2n) is 7.00. The van der Waals surface area contributed by atoms with Gasteiger partial charge in [-0.15, -0.1) is 0 Å². The van der Waals surface area contributed by atoms with Crippen LogP contribution in [0.1, 0.15) is 24.0 Å². The molecule has 0 aromatic heterocycles. The Balaban J connectivity index is 1.98. The topological polar surface area (TPSA) is 49.4 Å². The van der Waals surface area contributed by atoms with Gasteiger partial charge in [0.15, 0.2) is 0 Å². The summed E-state index contributed by atoms with van der Waals surface area (Å²) in [5.41, 5.74) is -3.15. The van der Waals surface area contributed by atoms with E-state index in [2.05, 4.69) is 5.32 Å². The maximum atomic E-state index is 13.4. The van der Waals surface area contributed by atoms with Crippen molar-refractivity contribution in [3.63, 3.8) is 0 Å². The van der Waals surface area contributed by atoms with E-state index in [9.17, 15) is 21.6 Å². The van der Waals surface area contributed by atoms with Crippen molar-refractivity contribution < 1.29 is 21.6 Å². The van der Waals surface area contributed by atoms with Crippen LogP contribution in [0, 0.1) is 6.92 Å². The average Bonchev–Trinajstić information content (AvgIpc) is 2.67. The predicted octanol–water partition coefficient (Wildman–Crippen LogP) is 4.55. The van der Waals surface area contributed by atoms with E-state index in [1.807, 2.05) is 6.92 Å². The molecule has 0 unspecified atom stereocenters. The normalized spacial score (nSPS) is 16.3. The molecule has 1 N–H and O–H groups in total. The zero-order valence-electron chi connectivity index (χ0n) is 15.9. The molecule has 2 aromatic rings. The van der Waals surface area contributed by atoms with Crippen LogP contribution in [-0.4, -0.2) is 37.4 Å². The molecule has 3 rings (SSSR count). The van der Waals surface area contributed by atoms with Gasteiger partial charge in [0.25, 0.3) is 0 Å². The van der Waals surface area contributed by atoms with E-state index in [-0.39, 0.29) is 34.1 Å². The van der Waals surface area contributed by atoms with Crippen LogP contribution in [0.15, 0.2) is 58.3 Å². The molecule has 4 nitrogen and oxygen atoms in total. The van der Waals surface area contributed by atoms with Crippen LogP contribution in [0.25, 0.3) is 0 Å². The van der Waals surface area contributed by atoms with Crippen molar-refractivity contribution in [3.05, 3.63) is 59.7 Å². The molecule has 1 saturated heterocycles. The molecule has 29 heavy (non-hydrogen) atoms. The summed E-state index contributed by atoms with van der Waals surface area (Å²) in [5, 5.41) is 3.20. The fraction of sp³-hybridized carbons (Fsp3) is 0.400. The van der Waals surface area contributed by atoms with Gasteiger partial charge in [0.05, 0.1) is 4.90 Å². The van der Waals surface area contributed by atoms with Gasteiger partial charge in [-0.3, -0.25) is 0 Å². The summed E-state index contributed by atoms with van der Waals surface area (Å²) in [6, 6.07) is 12.4. The number of hydrogen-bond donors (Lipinski definition) is 1. The Bertz CT molecular complexity index is 925. The number of nitrogens with zero attached hydrogens (tertiary/aromatic N) is 1. The summed E-state index contributed by atoms with van der Waals surface area (Å²) in [5.74, 6) is 0. The highest BCUT2D eigenvalue weighted by Crippen LogP contribution is 2.39. The minimum atomic E-state index is -4.44. The van der Waals surface area contributed by atoms with Crippen LogP contribution in [0.4, 0.5) is 13.2 Å². The number of aryl methyl sites for hydroxylation is 1. The quantitative estimate of drug-likeness (QED) is 0.664. The van der Waals surface area contributed by atoms with E-state index in [0.717, 1.165) is 5.56 Å². The third-order valence-corrected chi connectivity index (χ3v) is 7.63. The number of thioether (sulfide) groups is 1. The van der Waals surface area contributed by atoms with E-state index in [0.29, 0.717) is 31.5 Å². The molecule has 1 heterocycles. The van der Waals surface area contributed by atoms with E-state index >= 15 is 0 Å². The molecular weight excluding hydrogens is 421 g/mol. The molecule has 0 amide bonds. The Morgan fingerprint density at radius 3 is 2.31 bits per heavy atom. The van der Waals surface area contributed by atoms with Crippen LogP contribution < -0.4 is 5.32 Å².